The molecule has 0 aromatic carbocycles. The van der Waals surface area contributed by atoms with Crippen molar-refractivity contribution in [3.8, 4) is 0 Å². The van der Waals surface area contributed by atoms with Crippen LogP contribution in [-0.2, 0) is 13.5 Å². The summed E-state index contributed by atoms with van der Waals surface area (Å²) >= 11 is 7.18. The maximum atomic E-state index is 9.83. The third-order valence-corrected chi connectivity index (χ3v) is 3.22. The molecule has 0 bridgehead atoms. The molecule has 0 spiro atoms. The van der Waals surface area contributed by atoms with Crippen molar-refractivity contribution in [1.82, 2.24) is 20.2 Å². The number of tetrazole rings is 1. The number of aliphatic hydroxyl groups excluding tert-OH is 1. The van der Waals surface area contributed by atoms with Crippen LogP contribution in [0.15, 0.2) is 11.4 Å². The van der Waals surface area contributed by atoms with Crippen LogP contribution in [0, 0.1) is 0 Å². The summed E-state index contributed by atoms with van der Waals surface area (Å²) in [6.45, 7) is 0. The highest BCUT2D eigenvalue weighted by molar-refractivity contribution is 7.10. The SMILES string of the molecule is Cn1nnc(CC(O)c2cc(Cl)cs2)n1. The van der Waals surface area contributed by atoms with Gasteiger partial charge in [-0.05, 0) is 11.3 Å². The summed E-state index contributed by atoms with van der Waals surface area (Å²) in [6.07, 6.45) is -0.267. The van der Waals surface area contributed by atoms with Crippen molar-refractivity contribution < 1.29 is 5.11 Å². The van der Waals surface area contributed by atoms with Gasteiger partial charge in [0, 0.05) is 16.7 Å². The molecule has 0 aliphatic carbocycles. The smallest absolute Gasteiger partial charge is 0.177 e. The van der Waals surface area contributed by atoms with E-state index in [2.05, 4.69) is 15.4 Å². The Kier molecular flexibility index (Phi) is 2.99. The van der Waals surface area contributed by atoms with Crippen molar-refractivity contribution >= 4 is 22.9 Å². The molecule has 15 heavy (non-hydrogen) atoms. The van der Waals surface area contributed by atoms with E-state index in [-0.39, 0.29) is 0 Å². The molecule has 0 aliphatic heterocycles. The fourth-order valence-electron chi connectivity index (χ4n) is 1.18. The van der Waals surface area contributed by atoms with Gasteiger partial charge in [-0.2, -0.15) is 4.80 Å². The van der Waals surface area contributed by atoms with Crippen molar-refractivity contribution in [3.63, 3.8) is 0 Å². The molecule has 0 radical (unpaired) electrons. The predicted octanol–water partition coefficient (Wildman–Crippen LogP) is 1.20. The van der Waals surface area contributed by atoms with Gasteiger partial charge in [0.1, 0.15) is 0 Å². The van der Waals surface area contributed by atoms with Gasteiger partial charge in [0.2, 0.25) is 0 Å². The first-order chi connectivity index (χ1) is 7.15. The van der Waals surface area contributed by atoms with Crippen LogP contribution in [0.4, 0.5) is 0 Å². The van der Waals surface area contributed by atoms with Crippen LogP contribution in [0.2, 0.25) is 5.02 Å². The minimum Gasteiger partial charge on any atom is -0.387 e. The molecule has 2 rings (SSSR count). The normalized spacial score (nSPS) is 13.0. The zero-order chi connectivity index (χ0) is 10.8. The molecule has 1 atom stereocenters. The van der Waals surface area contributed by atoms with Crippen LogP contribution in [0.5, 0.6) is 0 Å². The zero-order valence-corrected chi connectivity index (χ0v) is 9.53. The summed E-state index contributed by atoms with van der Waals surface area (Å²) in [5.41, 5.74) is 0. The lowest BCUT2D eigenvalue weighted by atomic mass is 10.2. The summed E-state index contributed by atoms with van der Waals surface area (Å²) in [7, 11) is 1.69. The van der Waals surface area contributed by atoms with Gasteiger partial charge in [-0.15, -0.1) is 21.5 Å². The Hall–Kier alpha value is -0.980. The highest BCUT2D eigenvalue weighted by Crippen LogP contribution is 2.26. The van der Waals surface area contributed by atoms with Crippen LogP contribution in [0.1, 0.15) is 16.8 Å². The van der Waals surface area contributed by atoms with Crippen LogP contribution in [0.25, 0.3) is 0 Å². The Morgan fingerprint density at radius 2 is 2.47 bits per heavy atom. The summed E-state index contributed by atoms with van der Waals surface area (Å²) in [5, 5.41) is 23.7. The third-order valence-electron chi connectivity index (χ3n) is 1.84. The molecule has 5 nitrogen and oxygen atoms in total. The largest absolute Gasteiger partial charge is 0.387 e. The van der Waals surface area contributed by atoms with E-state index in [9.17, 15) is 5.11 Å². The number of thiophene rings is 1. The van der Waals surface area contributed by atoms with E-state index in [1.54, 1.807) is 18.5 Å². The standard InChI is InChI=1S/C8H9ClN4OS/c1-13-11-8(10-12-13)3-6(14)7-2-5(9)4-15-7/h2,4,6,14H,3H2,1H3. The van der Waals surface area contributed by atoms with Crippen LogP contribution >= 0.6 is 22.9 Å². The van der Waals surface area contributed by atoms with Gasteiger partial charge < -0.3 is 5.11 Å². The predicted molar refractivity (Wildman–Crippen MR) is 56.8 cm³/mol. The van der Waals surface area contributed by atoms with E-state index in [1.165, 1.54) is 16.1 Å². The van der Waals surface area contributed by atoms with E-state index in [0.717, 1.165) is 4.88 Å². The second-order valence-corrected chi connectivity index (χ2v) is 4.46. The number of aromatic nitrogens is 4. The molecular formula is C8H9ClN4OS. The number of aliphatic hydroxyl groups is 1. The van der Waals surface area contributed by atoms with Crippen LogP contribution in [0.3, 0.4) is 0 Å². The van der Waals surface area contributed by atoms with E-state index in [1.807, 2.05) is 0 Å². The van der Waals surface area contributed by atoms with Gasteiger partial charge in [0.25, 0.3) is 0 Å². The first-order valence-electron chi connectivity index (χ1n) is 4.30. The number of nitrogens with zero attached hydrogens (tertiary/aromatic N) is 4. The molecule has 0 amide bonds. The molecule has 1 N–H and O–H groups in total. The highest BCUT2D eigenvalue weighted by Gasteiger charge is 2.13. The first-order valence-corrected chi connectivity index (χ1v) is 5.56. The van der Waals surface area contributed by atoms with Gasteiger partial charge in [0.05, 0.1) is 18.2 Å². The number of halogens is 1. The maximum absolute atomic E-state index is 9.83. The average Bonchev–Trinajstić information content (AvgIpc) is 2.75. The van der Waals surface area contributed by atoms with Crippen molar-refractivity contribution in [2.45, 2.75) is 12.5 Å². The lowest BCUT2D eigenvalue weighted by Gasteiger charge is -2.03. The van der Waals surface area contributed by atoms with Crippen molar-refractivity contribution in [1.29, 1.82) is 0 Å². The molecule has 80 valence electrons. The zero-order valence-electron chi connectivity index (χ0n) is 7.96. The lowest BCUT2D eigenvalue weighted by Crippen LogP contribution is -2.02. The molecular weight excluding hydrogens is 236 g/mol. The number of aryl methyl sites for hydroxylation is 1. The highest BCUT2D eigenvalue weighted by atomic mass is 35.5. The quantitative estimate of drug-likeness (QED) is 0.881. The average molecular weight is 245 g/mol. The molecule has 0 saturated heterocycles. The summed E-state index contributed by atoms with van der Waals surface area (Å²) in [6, 6.07) is 1.74. The van der Waals surface area contributed by atoms with Gasteiger partial charge >= 0.3 is 0 Å². The second-order valence-electron chi connectivity index (χ2n) is 3.08. The molecule has 2 heterocycles. The number of rotatable bonds is 3. The summed E-state index contributed by atoms with van der Waals surface area (Å²) in [5.74, 6) is 0.523. The molecule has 0 fully saturated rings. The van der Waals surface area contributed by atoms with Gasteiger partial charge in [-0.3, -0.25) is 0 Å². The minimum atomic E-state index is -0.619. The minimum absolute atomic E-state index is 0.352. The number of hydrogen-bond donors (Lipinski definition) is 1. The molecule has 2 aromatic rings. The molecule has 2 aromatic heterocycles. The second kappa shape index (κ2) is 4.26. The Morgan fingerprint density at radius 1 is 1.67 bits per heavy atom. The fraction of sp³-hybridized carbons (Fsp3) is 0.375. The number of hydrogen-bond acceptors (Lipinski definition) is 5. The lowest BCUT2D eigenvalue weighted by molar-refractivity contribution is 0.179. The molecule has 0 saturated carbocycles. The van der Waals surface area contributed by atoms with Crippen LogP contribution < -0.4 is 0 Å². The van der Waals surface area contributed by atoms with Crippen LogP contribution in [-0.4, -0.2) is 25.3 Å². The molecule has 7 heteroatoms. The van der Waals surface area contributed by atoms with Crippen molar-refractivity contribution in [3.05, 3.63) is 27.2 Å². The van der Waals surface area contributed by atoms with Crippen molar-refractivity contribution in [2.75, 3.05) is 0 Å². The molecule has 0 aliphatic rings. The van der Waals surface area contributed by atoms with Gasteiger partial charge in [0.15, 0.2) is 5.82 Å². The Bertz CT molecular complexity index is 455. The van der Waals surface area contributed by atoms with Gasteiger partial charge in [-0.1, -0.05) is 11.6 Å². The topological polar surface area (TPSA) is 63.8 Å². The Morgan fingerprint density at radius 3 is 3.00 bits per heavy atom. The summed E-state index contributed by atoms with van der Waals surface area (Å²) in [4.78, 5) is 2.18. The maximum Gasteiger partial charge on any atom is 0.177 e. The monoisotopic (exact) mass is 244 g/mol. The van der Waals surface area contributed by atoms with E-state index >= 15 is 0 Å². The van der Waals surface area contributed by atoms with Crippen molar-refractivity contribution in [2.24, 2.45) is 7.05 Å². The van der Waals surface area contributed by atoms with E-state index in [0.29, 0.717) is 17.3 Å². The summed E-state index contributed by atoms with van der Waals surface area (Å²) < 4.78 is 0. The first kappa shape index (κ1) is 10.5. The Labute approximate surface area is 95.3 Å². The Balaban J connectivity index is 2.06. The van der Waals surface area contributed by atoms with Gasteiger partial charge in [-0.25, -0.2) is 0 Å². The third kappa shape index (κ3) is 2.53. The fourth-order valence-corrected chi connectivity index (χ4v) is 2.25. The molecule has 1 unspecified atom stereocenters. The van der Waals surface area contributed by atoms with E-state index in [4.69, 9.17) is 11.6 Å². The van der Waals surface area contributed by atoms with E-state index < -0.39 is 6.10 Å².